The average molecular weight is 343 g/mol. The minimum atomic E-state index is -0.179. The largest absolute Gasteiger partial charge is 0.357 e. The topological polar surface area (TPSA) is 52.6 Å². The van der Waals surface area contributed by atoms with Gasteiger partial charge in [-0.3, -0.25) is 4.98 Å². The number of nitrogens with zero attached hydrogens (tertiary/aromatic N) is 3. The number of rotatable bonds is 7. The van der Waals surface area contributed by atoms with Gasteiger partial charge < -0.3 is 15.5 Å². The summed E-state index contributed by atoms with van der Waals surface area (Å²) in [5.74, 6) is 0.535. The van der Waals surface area contributed by atoms with E-state index < -0.39 is 0 Å². The molecule has 0 unspecified atom stereocenters. The van der Waals surface area contributed by atoms with Crippen LogP contribution in [0.25, 0.3) is 0 Å². The summed E-state index contributed by atoms with van der Waals surface area (Å²) in [6, 6.07) is 11.0. The van der Waals surface area contributed by atoms with E-state index >= 15 is 0 Å². The highest BCUT2D eigenvalue weighted by Gasteiger charge is 2.05. The molecule has 0 spiro atoms. The zero-order valence-electron chi connectivity index (χ0n) is 15.1. The van der Waals surface area contributed by atoms with Gasteiger partial charge in [-0.25, -0.2) is 9.38 Å². The molecule has 1 aromatic heterocycles. The number of aliphatic imine (C=N–C) groups is 1. The average Bonchev–Trinajstić information content (AvgIpc) is 2.60. The Labute approximate surface area is 149 Å². The van der Waals surface area contributed by atoms with Gasteiger partial charge in [-0.1, -0.05) is 12.1 Å². The maximum Gasteiger partial charge on any atom is 0.191 e. The van der Waals surface area contributed by atoms with Crippen molar-refractivity contribution in [1.82, 2.24) is 20.5 Å². The molecule has 0 aliphatic carbocycles. The lowest BCUT2D eigenvalue weighted by Crippen LogP contribution is -2.37. The number of hydrogen-bond acceptors (Lipinski definition) is 3. The van der Waals surface area contributed by atoms with Crippen LogP contribution in [0.1, 0.15) is 23.7 Å². The molecule has 6 heteroatoms. The van der Waals surface area contributed by atoms with Gasteiger partial charge in [-0.05, 0) is 50.8 Å². The van der Waals surface area contributed by atoms with Gasteiger partial charge in [0.15, 0.2) is 5.96 Å². The lowest BCUT2D eigenvalue weighted by Gasteiger charge is -2.13. The lowest BCUT2D eigenvalue weighted by atomic mass is 10.1. The van der Waals surface area contributed by atoms with Gasteiger partial charge >= 0.3 is 0 Å². The predicted octanol–water partition coefficient (Wildman–Crippen LogP) is 2.54. The van der Waals surface area contributed by atoms with Crippen LogP contribution in [-0.4, -0.2) is 36.5 Å². The second-order valence-corrected chi connectivity index (χ2v) is 6.03. The minimum absolute atomic E-state index is 0.179. The molecule has 1 heterocycles. The van der Waals surface area contributed by atoms with Crippen LogP contribution in [0.5, 0.6) is 0 Å². The van der Waals surface area contributed by atoms with Crippen LogP contribution in [0.4, 0.5) is 4.39 Å². The fraction of sp³-hybridized carbons (Fsp3) is 0.368. The number of nitrogens with one attached hydrogen (secondary N) is 2. The zero-order valence-corrected chi connectivity index (χ0v) is 15.1. The van der Waals surface area contributed by atoms with E-state index in [4.69, 9.17) is 0 Å². The van der Waals surface area contributed by atoms with E-state index in [2.05, 4.69) is 20.6 Å². The Morgan fingerprint density at radius 3 is 2.72 bits per heavy atom. The summed E-state index contributed by atoms with van der Waals surface area (Å²) < 4.78 is 13.9. The summed E-state index contributed by atoms with van der Waals surface area (Å²) in [5, 5.41) is 6.47. The Kier molecular flexibility index (Phi) is 7.35. The molecular formula is C19H26FN5. The molecule has 25 heavy (non-hydrogen) atoms. The third-order valence-electron chi connectivity index (χ3n) is 3.52. The van der Waals surface area contributed by atoms with Crippen molar-refractivity contribution in [3.63, 3.8) is 0 Å². The molecule has 0 saturated heterocycles. The fourth-order valence-electron chi connectivity index (χ4n) is 2.38. The molecule has 2 N–H and O–H groups in total. The van der Waals surface area contributed by atoms with Crippen molar-refractivity contribution in [2.45, 2.75) is 26.6 Å². The third kappa shape index (κ3) is 6.51. The molecule has 0 fully saturated rings. The molecule has 5 nitrogen and oxygen atoms in total. The Bertz CT molecular complexity index is 685. The maximum atomic E-state index is 13.9. The van der Waals surface area contributed by atoms with Gasteiger partial charge in [-0.2, -0.15) is 0 Å². The quantitative estimate of drug-likeness (QED) is 0.599. The molecule has 0 aliphatic rings. The van der Waals surface area contributed by atoms with E-state index in [0.717, 1.165) is 17.8 Å². The summed E-state index contributed by atoms with van der Waals surface area (Å²) in [7, 11) is 3.85. The smallest absolute Gasteiger partial charge is 0.191 e. The summed E-state index contributed by atoms with van der Waals surface area (Å²) >= 11 is 0. The summed E-state index contributed by atoms with van der Waals surface area (Å²) in [6.45, 7) is 4.44. The van der Waals surface area contributed by atoms with Crippen molar-refractivity contribution in [2.75, 3.05) is 20.6 Å². The molecule has 0 bridgehead atoms. The molecular weight excluding hydrogens is 317 g/mol. The van der Waals surface area contributed by atoms with Gasteiger partial charge in [0.05, 0.1) is 18.8 Å². The molecule has 0 amide bonds. The van der Waals surface area contributed by atoms with Crippen molar-refractivity contribution in [3.8, 4) is 0 Å². The first-order valence-electron chi connectivity index (χ1n) is 8.42. The molecule has 2 aromatic rings. The molecule has 134 valence electrons. The molecule has 0 atom stereocenters. The van der Waals surface area contributed by atoms with Crippen molar-refractivity contribution < 1.29 is 4.39 Å². The van der Waals surface area contributed by atoms with Crippen LogP contribution in [0.3, 0.4) is 0 Å². The van der Waals surface area contributed by atoms with Crippen molar-refractivity contribution in [3.05, 3.63) is 65.2 Å². The molecule has 2 rings (SSSR count). The van der Waals surface area contributed by atoms with Crippen LogP contribution < -0.4 is 10.6 Å². The summed E-state index contributed by atoms with van der Waals surface area (Å²) in [4.78, 5) is 10.8. The molecule has 0 saturated carbocycles. The first-order chi connectivity index (χ1) is 12.1. The van der Waals surface area contributed by atoms with Gasteiger partial charge in [0.25, 0.3) is 0 Å². The number of benzene rings is 1. The van der Waals surface area contributed by atoms with Crippen molar-refractivity contribution in [2.24, 2.45) is 4.99 Å². The Morgan fingerprint density at radius 1 is 1.20 bits per heavy atom. The molecule has 0 aliphatic heterocycles. The summed E-state index contributed by atoms with van der Waals surface area (Å²) in [5.41, 5.74) is 2.61. The highest BCUT2D eigenvalue weighted by Crippen LogP contribution is 2.13. The van der Waals surface area contributed by atoms with E-state index in [1.807, 2.05) is 50.2 Å². The lowest BCUT2D eigenvalue weighted by molar-refractivity contribution is 0.392. The van der Waals surface area contributed by atoms with Crippen LogP contribution in [0.15, 0.2) is 47.6 Å². The number of hydrogen-bond donors (Lipinski definition) is 2. The van der Waals surface area contributed by atoms with Crippen LogP contribution in [0.2, 0.25) is 0 Å². The van der Waals surface area contributed by atoms with Gasteiger partial charge in [0.1, 0.15) is 5.82 Å². The zero-order chi connectivity index (χ0) is 18.1. The maximum absolute atomic E-state index is 13.9. The van der Waals surface area contributed by atoms with Gasteiger partial charge in [0, 0.05) is 24.8 Å². The van der Waals surface area contributed by atoms with E-state index in [-0.39, 0.29) is 5.82 Å². The predicted molar refractivity (Wildman–Crippen MR) is 99.7 cm³/mol. The Morgan fingerprint density at radius 2 is 2.04 bits per heavy atom. The van der Waals surface area contributed by atoms with Gasteiger partial charge in [0.2, 0.25) is 0 Å². The van der Waals surface area contributed by atoms with Crippen LogP contribution in [-0.2, 0) is 19.6 Å². The van der Waals surface area contributed by atoms with Crippen LogP contribution in [0, 0.1) is 5.82 Å². The second-order valence-electron chi connectivity index (χ2n) is 6.03. The van der Waals surface area contributed by atoms with Crippen molar-refractivity contribution in [1.29, 1.82) is 0 Å². The normalized spacial score (nSPS) is 11.6. The SMILES string of the molecule is CCNC(=NCc1ccc(F)c(CN(C)C)c1)NCc1ccccn1. The summed E-state index contributed by atoms with van der Waals surface area (Å²) in [6.07, 6.45) is 1.77. The van der Waals surface area contributed by atoms with Gasteiger partial charge in [-0.15, -0.1) is 0 Å². The molecule has 1 aromatic carbocycles. The number of halogens is 1. The molecule has 0 radical (unpaired) electrons. The first kappa shape index (κ1) is 18.9. The second kappa shape index (κ2) is 9.74. The van der Waals surface area contributed by atoms with E-state index in [0.29, 0.717) is 31.2 Å². The number of aromatic nitrogens is 1. The van der Waals surface area contributed by atoms with E-state index in [9.17, 15) is 4.39 Å². The van der Waals surface area contributed by atoms with E-state index in [1.165, 1.54) is 6.07 Å². The van der Waals surface area contributed by atoms with E-state index in [1.54, 1.807) is 12.3 Å². The third-order valence-corrected chi connectivity index (χ3v) is 3.52. The highest BCUT2D eigenvalue weighted by molar-refractivity contribution is 5.79. The standard InChI is InChI=1S/C19H26FN5/c1-4-21-19(24-13-17-7-5-6-10-22-17)23-12-15-8-9-18(20)16(11-15)14-25(2)3/h5-11H,4,12-14H2,1-3H3,(H2,21,23,24). The number of pyridine rings is 1. The highest BCUT2D eigenvalue weighted by atomic mass is 19.1. The monoisotopic (exact) mass is 343 g/mol. The van der Waals surface area contributed by atoms with Crippen LogP contribution >= 0.6 is 0 Å². The van der Waals surface area contributed by atoms with Crippen molar-refractivity contribution >= 4 is 5.96 Å². The Hall–Kier alpha value is -2.47. The number of guanidine groups is 1. The Balaban J connectivity index is 2.02. The first-order valence-corrected chi connectivity index (χ1v) is 8.42. The minimum Gasteiger partial charge on any atom is -0.357 e. The fourth-order valence-corrected chi connectivity index (χ4v) is 2.38.